The number of rotatable bonds is 5. The second kappa shape index (κ2) is 6.68. The van der Waals surface area contributed by atoms with E-state index in [1.807, 2.05) is 29.7 Å². The van der Waals surface area contributed by atoms with Crippen molar-refractivity contribution in [2.45, 2.75) is 39.6 Å². The molecule has 126 valence electrons. The van der Waals surface area contributed by atoms with Crippen LogP contribution in [0.3, 0.4) is 0 Å². The van der Waals surface area contributed by atoms with Crippen LogP contribution in [0, 0.1) is 13.8 Å². The van der Waals surface area contributed by atoms with E-state index in [0.29, 0.717) is 6.54 Å². The van der Waals surface area contributed by atoms with Gasteiger partial charge in [0.2, 0.25) is 0 Å². The van der Waals surface area contributed by atoms with Gasteiger partial charge >= 0.3 is 0 Å². The van der Waals surface area contributed by atoms with E-state index in [0.717, 1.165) is 42.6 Å². The van der Waals surface area contributed by atoms with Gasteiger partial charge in [0.1, 0.15) is 6.10 Å². The Labute approximate surface area is 141 Å². The first-order valence-electron chi connectivity index (χ1n) is 7.97. The summed E-state index contributed by atoms with van der Waals surface area (Å²) in [6, 6.07) is 2.05. The summed E-state index contributed by atoms with van der Waals surface area (Å²) in [5.41, 5.74) is 3.11. The SMILES string of the molecule is Cc1nc(C)c(CN2CCn3nc(C(O)CN(C)C)cc3C2)s1. The van der Waals surface area contributed by atoms with E-state index in [-0.39, 0.29) is 0 Å². The standard InChI is InChI=1S/C16H25N5OS/c1-11-16(23-12(2)17-11)10-20-5-6-21-13(8-20)7-14(18-21)15(22)9-19(3)4/h7,15,22H,5-6,8-10H2,1-4H3. The first kappa shape index (κ1) is 16.6. The van der Waals surface area contributed by atoms with Crippen LogP contribution in [0.2, 0.25) is 0 Å². The minimum absolute atomic E-state index is 0.525. The molecule has 1 N–H and O–H groups in total. The highest BCUT2D eigenvalue weighted by Gasteiger charge is 2.22. The molecule has 1 atom stereocenters. The highest BCUT2D eigenvalue weighted by Crippen LogP contribution is 2.23. The van der Waals surface area contributed by atoms with Crippen molar-refractivity contribution in [2.24, 2.45) is 0 Å². The molecule has 0 aromatic carbocycles. The van der Waals surface area contributed by atoms with Crippen molar-refractivity contribution in [3.8, 4) is 0 Å². The van der Waals surface area contributed by atoms with Gasteiger partial charge in [-0.05, 0) is 34.0 Å². The van der Waals surface area contributed by atoms with Crippen molar-refractivity contribution in [3.63, 3.8) is 0 Å². The summed E-state index contributed by atoms with van der Waals surface area (Å²) in [7, 11) is 3.92. The number of fused-ring (bicyclic) bond motifs is 1. The topological polar surface area (TPSA) is 57.4 Å². The van der Waals surface area contributed by atoms with E-state index in [2.05, 4.69) is 28.8 Å². The fourth-order valence-corrected chi connectivity index (χ4v) is 3.98. The monoisotopic (exact) mass is 335 g/mol. The smallest absolute Gasteiger partial charge is 0.110 e. The molecule has 0 fully saturated rings. The van der Waals surface area contributed by atoms with Crippen molar-refractivity contribution in [3.05, 3.63) is 33.0 Å². The molecule has 2 aromatic heterocycles. The molecule has 6 nitrogen and oxygen atoms in total. The maximum atomic E-state index is 10.2. The van der Waals surface area contributed by atoms with Crippen LogP contribution < -0.4 is 0 Å². The zero-order chi connectivity index (χ0) is 16.6. The van der Waals surface area contributed by atoms with Crippen LogP contribution in [0.4, 0.5) is 0 Å². The van der Waals surface area contributed by atoms with Gasteiger partial charge in [-0.25, -0.2) is 4.98 Å². The third kappa shape index (κ3) is 3.80. The van der Waals surface area contributed by atoms with Crippen molar-refractivity contribution in [1.29, 1.82) is 0 Å². The minimum Gasteiger partial charge on any atom is -0.385 e. The summed E-state index contributed by atoms with van der Waals surface area (Å²) in [5.74, 6) is 0. The third-order valence-corrected chi connectivity index (χ3v) is 5.20. The first-order chi connectivity index (χ1) is 10.9. The number of likely N-dealkylation sites (N-methyl/N-ethyl adjacent to an activating group) is 1. The highest BCUT2D eigenvalue weighted by atomic mass is 32.1. The van der Waals surface area contributed by atoms with E-state index in [1.54, 1.807) is 11.3 Å². The zero-order valence-electron chi connectivity index (χ0n) is 14.3. The molecule has 0 aliphatic carbocycles. The van der Waals surface area contributed by atoms with E-state index in [4.69, 9.17) is 0 Å². The lowest BCUT2D eigenvalue weighted by Gasteiger charge is -2.27. The predicted octanol–water partition coefficient (Wildman–Crippen LogP) is 1.57. The van der Waals surface area contributed by atoms with E-state index in [1.165, 1.54) is 10.6 Å². The Morgan fingerprint density at radius 3 is 2.78 bits per heavy atom. The van der Waals surface area contributed by atoms with Crippen LogP contribution in [0.25, 0.3) is 0 Å². The summed E-state index contributed by atoms with van der Waals surface area (Å²) in [6.45, 7) is 8.42. The van der Waals surface area contributed by atoms with Crippen LogP contribution in [0.15, 0.2) is 6.07 Å². The molecule has 7 heteroatoms. The molecule has 2 aromatic rings. The summed E-state index contributed by atoms with van der Waals surface area (Å²) in [5, 5.41) is 15.9. The molecule has 1 unspecified atom stereocenters. The Balaban J connectivity index is 1.68. The average molecular weight is 335 g/mol. The van der Waals surface area contributed by atoms with Crippen molar-refractivity contribution in [2.75, 3.05) is 27.2 Å². The highest BCUT2D eigenvalue weighted by molar-refractivity contribution is 7.11. The van der Waals surface area contributed by atoms with Crippen molar-refractivity contribution >= 4 is 11.3 Å². The maximum absolute atomic E-state index is 10.2. The molecule has 0 spiro atoms. The second-order valence-electron chi connectivity index (χ2n) is 6.51. The minimum atomic E-state index is -0.525. The number of nitrogens with zero attached hydrogens (tertiary/aromatic N) is 5. The molecule has 0 radical (unpaired) electrons. The molecule has 0 amide bonds. The molecule has 0 saturated carbocycles. The van der Waals surface area contributed by atoms with Crippen LogP contribution in [-0.2, 0) is 19.6 Å². The maximum Gasteiger partial charge on any atom is 0.110 e. The Kier molecular flexibility index (Phi) is 4.82. The molecule has 1 aliphatic heterocycles. The van der Waals surface area contributed by atoms with Gasteiger partial charge in [0, 0.05) is 31.1 Å². The van der Waals surface area contributed by atoms with Gasteiger partial charge in [-0.3, -0.25) is 9.58 Å². The predicted molar refractivity (Wildman–Crippen MR) is 91.4 cm³/mol. The Morgan fingerprint density at radius 2 is 2.13 bits per heavy atom. The van der Waals surface area contributed by atoms with Crippen molar-refractivity contribution < 1.29 is 5.11 Å². The third-order valence-electron chi connectivity index (χ3n) is 4.14. The Morgan fingerprint density at radius 1 is 1.35 bits per heavy atom. The fraction of sp³-hybridized carbons (Fsp3) is 0.625. The van der Waals surface area contributed by atoms with Gasteiger partial charge in [-0.15, -0.1) is 11.3 Å². The number of hydrogen-bond acceptors (Lipinski definition) is 6. The number of hydrogen-bond donors (Lipinski definition) is 1. The van der Waals surface area contributed by atoms with Gasteiger partial charge in [0.15, 0.2) is 0 Å². The molecule has 23 heavy (non-hydrogen) atoms. The molecule has 3 rings (SSSR count). The van der Waals surface area contributed by atoms with Gasteiger partial charge in [0.25, 0.3) is 0 Å². The van der Waals surface area contributed by atoms with Crippen LogP contribution in [-0.4, -0.2) is 56.9 Å². The molecule has 0 saturated heterocycles. The van der Waals surface area contributed by atoms with Gasteiger partial charge in [-0.2, -0.15) is 5.10 Å². The van der Waals surface area contributed by atoms with Gasteiger partial charge in [0.05, 0.1) is 28.6 Å². The summed E-state index contributed by atoms with van der Waals surface area (Å²) < 4.78 is 2.04. The quantitative estimate of drug-likeness (QED) is 0.899. The normalized spacial score (nSPS) is 16.8. The van der Waals surface area contributed by atoms with Crippen LogP contribution >= 0.6 is 11.3 Å². The number of aryl methyl sites for hydroxylation is 2. The van der Waals surface area contributed by atoms with E-state index >= 15 is 0 Å². The molecular weight excluding hydrogens is 310 g/mol. The summed E-state index contributed by atoms with van der Waals surface area (Å²) in [4.78, 5) is 10.3. The summed E-state index contributed by atoms with van der Waals surface area (Å²) in [6.07, 6.45) is -0.525. The van der Waals surface area contributed by atoms with E-state index < -0.39 is 6.10 Å². The largest absolute Gasteiger partial charge is 0.385 e. The molecule has 0 bridgehead atoms. The first-order valence-corrected chi connectivity index (χ1v) is 8.78. The van der Waals surface area contributed by atoms with Gasteiger partial charge in [-0.1, -0.05) is 0 Å². The molecule has 3 heterocycles. The Hall–Kier alpha value is -1.28. The summed E-state index contributed by atoms with van der Waals surface area (Å²) >= 11 is 1.79. The van der Waals surface area contributed by atoms with Crippen LogP contribution in [0.1, 0.15) is 33.1 Å². The number of thiazole rings is 1. The molecule has 1 aliphatic rings. The fourth-order valence-electron chi connectivity index (χ4n) is 3.00. The van der Waals surface area contributed by atoms with Crippen LogP contribution in [0.5, 0.6) is 0 Å². The number of aliphatic hydroxyl groups is 1. The van der Waals surface area contributed by atoms with Crippen molar-refractivity contribution in [1.82, 2.24) is 24.6 Å². The number of aliphatic hydroxyl groups excluding tert-OH is 1. The lowest BCUT2D eigenvalue weighted by molar-refractivity contribution is 0.133. The van der Waals surface area contributed by atoms with Gasteiger partial charge < -0.3 is 10.0 Å². The molecular formula is C16H25N5OS. The zero-order valence-corrected chi connectivity index (χ0v) is 15.1. The lowest BCUT2D eigenvalue weighted by Crippen LogP contribution is -2.33. The lowest BCUT2D eigenvalue weighted by atomic mass is 10.2. The Bertz CT molecular complexity index is 678. The van der Waals surface area contributed by atoms with E-state index in [9.17, 15) is 5.11 Å². The second-order valence-corrected chi connectivity index (χ2v) is 7.80. The number of aromatic nitrogens is 3. The average Bonchev–Trinajstić information content (AvgIpc) is 3.01.